The summed E-state index contributed by atoms with van der Waals surface area (Å²) in [6.45, 7) is 7.06. The van der Waals surface area contributed by atoms with Crippen LogP contribution >= 0.6 is 11.3 Å². The molecule has 24 heavy (non-hydrogen) atoms. The Bertz CT molecular complexity index is 588. The molecule has 3 heterocycles. The first-order valence-corrected chi connectivity index (χ1v) is 10.1. The molecule has 1 aromatic rings. The molecule has 1 aromatic heterocycles. The fourth-order valence-corrected chi connectivity index (χ4v) is 5.14. The quantitative estimate of drug-likeness (QED) is 0.910. The van der Waals surface area contributed by atoms with E-state index in [1.165, 1.54) is 22.6 Å². The van der Waals surface area contributed by atoms with Gasteiger partial charge in [-0.3, -0.25) is 9.69 Å². The van der Waals surface area contributed by atoms with E-state index in [1.54, 1.807) is 0 Å². The van der Waals surface area contributed by atoms with E-state index in [0.29, 0.717) is 6.61 Å². The molecule has 2 saturated heterocycles. The maximum absolute atomic E-state index is 12.2. The maximum Gasteiger partial charge on any atom is 0.223 e. The number of carbonyl (C=O) groups is 1. The van der Waals surface area contributed by atoms with E-state index in [-0.39, 0.29) is 23.3 Å². The smallest absolute Gasteiger partial charge is 0.223 e. The van der Waals surface area contributed by atoms with Crippen LogP contribution in [-0.2, 0) is 16.1 Å². The Morgan fingerprint density at radius 2 is 2.12 bits per heavy atom. The van der Waals surface area contributed by atoms with Crippen LogP contribution in [0.15, 0.2) is 12.1 Å². The third-order valence-corrected chi connectivity index (χ3v) is 7.05. The lowest BCUT2D eigenvalue weighted by molar-refractivity contribution is -0.127. The molecule has 4 nitrogen and oxygen atoms in total. The molecule has 0 radical (unpaired) electrons. The van der Waals surface area contributed by atoms with Crippen molar-refractivity contribution in [3.63, 3.8) is 0 Å². The summed E-state index contributed by atoms with van der Waals surface area (Å²) in [7, 11) is 0. The molecule has 1 N–H and O–H groups in total. The van der Waals surface area contributed by atoms with E-state index in [1.807, 2.05) is 11.3 Å². The molecule has 0 aromatic carbocycles. The van der Waals surface area contributed by atoms with Crippen molar-refractivity contribution >= 4 is 17.2 Å². The SMILES string of the molecule is Cc1ccc(CN2CCC3(CCOCC3NC(=O)C3CC3)CC2)s1. The first kappa shape index (κ1) is 16.6. The van der Waals surface area contributed by atoms with Crippen molar-refractivity contribution < 1.29 is 9.53 Å². The zero-order valence-electron chi connectivity index (χ0n) is 14.6. The van der Waals surface area contributed by atoms with Gasteiger partial charge in [-0.1, -0.05) is 0 Å². The number of nitrogens with one attached hydrogen (secondary N) is 1. The fourth-order valence-electron chi connectivity index (χ4n) is 4.20. The standard InChI is InChI=1S/C19H28N2O2S/c1-14-2-5-16(24-14)12-21-9-6-19(7-10-21)8-11-23-13-17(19)20-18(22)15-3-4-15/h2,5,15,17H,3-4,6-13H2,1H3,(H,20,22). The normalized spacial score (nSPS) is 27.3. The van der Waals surface area contributed by atoms with Gasteiger partial charge in [0.15, 0.2) is 0 Å². The number of likely N-dealkylation sites (tertiary alicyclic amines) is 1. The van der Waals surface area contributed by atoms with Crippen molar-refractivity contribution in [2.24, 2.45) is 11.3 Å². The number of nitrogens with zero attached hydrogens (tertiary/aromatic N) is 1. The molecule has 3 fully saturated rings. The molecule has 5 heteroatoms. The van der Waals surface area contributed by atoms with Gasteiger partial charge in [-0.2, -0.15) is 0 Å². The molecular formula is C19H28N2O2S. The van der Waals surface area contributed by atoms with Crippen LogP contribution in [0, 0.1) is 18.3 Å². The second-order valence-electron chi connectivity index (χ2n) is 7.81. The van der Waals surface area contributed by atoms with Gasteiger partial charge < -0.3 is 10.1 Å². The topological polar surface area (TPSA) is 41.6 Å². The fraction of sp³-hybridized carbons (Fsp3) is 0.737. The highest BCUT2D eigenvalue weighted by atomic mass is 32.1. The van der Waals surface area contributed by atoms with Gasteiger partial charge in [-0.05, 0) is 69.7 Å². The largest absolute Gasteiger partial charge is 0.379 e. The molecule has 4 rings (SSSR count). The average Bonchev–Trinajstić information content (AvgIpc) is 3.36. The van der Waals surface area contributed by atoms with Crippen LogP contribution in [0.5, 0.6) is 0 Å². The molecule has 1 saturated carbocycles. The number of hydrogen-bond acceptors (Lipinski definition) is 4. The molecule has 132 valence electrons. The summed E-state index contributed by atoms with van der Waals surface area (Å²) in [5, 5.41) is 3.33. The Labute approximate surface area is 148 Å². The molecule has 0 bridgehead atoms. The predicted molar refractivity (Wildman–Crippen MR) is 96.1 cm³/mol. The first-order valence-electron chi connectivity index (χ1n) is 9.30. The number of ether oxygens (including phenoxy) is 1. The molecule has 1 unspecified atom stereocenters. The van der Waals surface area contributed by atoms with Gasteiger partial charge >= 0.3 is 0 Å². The van der Waals surface area contributed by atoms with Gasteiger partial charge in [-0.25, -0.2) is 0 Å². The number of thiophene rings is 1. The maximum atomic E-state index is 12.2. The highest BCUT2D eigenvalue weighted by Gasteiger charge is 2.45. The van der Waals surface area contributed by atoms with Gasteiger partial charge in [0.25, 0.3) is 0 Å². The number of piperidine rings is 1. The van der Waals surface area contributed by atoms with Crippen molar-refractivity contribution in [2.75, 3.05) is 26.3 Å². The third-order valence-electron chi connectivity index (χ3n) is 6.06. The monoisotopic (exact) mass is 348 g/mol. The van der Waals surface area contributed by atoms with Gasteiger partial charge in [0.05, 0.1) is 12.6 Å². The van der Waals surface area contributed by atoms with Gasteiger partial charge in [0.1, 0.15) is 0 Å². The van der Waals surface area contributed by atoms with Crippen LogP contribution in [0.2, 0.25) is 0 Å². The number of carbonyl (C=O) groups excluding carboxylic acids is 1. The molecule has 3 aliphatic rings. The van der Waals surface area contributed by atoms with Crippen LogP contribution in [0.1, 0.15) is 41.9 Å². The van der Waals surface area contributed by atoms with Crippen LogP contribution in [-0.4, -0.2) is 43.2 Å². The van der Waals surface area contributed by atoms with Crippen molar-refractivity contribution in [3.05, 3.63) is 21.9 Å². The van der Waals surface area contributed by atoms with Crippen LogP contribution < -0.4 is 5.32 Å². The zero-order valence-corrected chi connectivity index (χ0v) is 15.4. The highest BCUT2D eigenvalue weighted by Crippen LogP contribution is 2.42. The zero-order chi connectivity index (χ0) is 16.6. The van der Waals surface area contributed by atoms with E-state index in [9.17, 15) is 4.79 Å². The minimum absolute atomic E-state index is 0.213. The first-order chi connectivity index (χ1) is 11.6. The van der Waals surface area contributed by atoms with E-state index < -0.39 is 0 Å². The number of hydrogen-bond donors (Lipinski definition) is 1. The summed E-state index contributed by atoms with van der Waals surface area (Å²) in [6.07, 6.45) is 5.59. The minimum atomic E-state index is 0.213. The Balaban J connectivity index is 1.36. The van der Waals surface area contributed by atoms with E-state index >= 15 is 0 Å². The molecule has 2 aliphatic heterocycles. The van der Waals surface area contributed by atoms with Crippen molar-refractivity contribution in [3.8, 4) is 0 Å². The molecule has 1 amide bonds. The molecule has 1 atom stereocenters. The minimum Gasteiger partial charge on any atom is -0.379 e. The Kier molecular flexibility index (Phi) is 4.67. The van der Waals surface area contributed by atoms with Crippen molar-refractivity contribution in [1.82, 2.24) is 10.2 Å². The van der Waals surface area contributed by atoms with Gasteiger partial charge in [0, 0.05) is 28.8 Å². The summed E-state index contributed by atoms with van der Waals surface area (Å²) < 4.78 is 5.71. The Morgan fingerprint density at radius 1 is 1.33 bits per heavy atom. The lowest BCUT2D eigenvalue weighted by Crippen LogP contribution is -2.57. The lowest BCUT2D eigenvalue weighted by atomic mass is 9.69. The van der Waals surface area contributed by atoms with E-state index in [0.717, 1.165) is 45.5 Å². The van der Waals surface area contributed by atoms with Gasteiger partial charge in [0.2, 0.25) is 5.91 Å². The number of amides is 1. The average molecular weight is 349 g/mol. The van der Waals surface area contributed by atoms with Crippen LogP contribution in [0.25, 0.3) is 0 Å². The van der Waals surface area contributed by atoms with Crippen LogP contribution in [0.4, 0.5) is 0 Å². The molecule has 1 spiro atoms. The summed E-state index contributed by atoms with van der Waals surface area (Å²) in [6, 6.07) is 4.69. The Hall–Kier alpha value is -0.910. The van der Waals surface area contributed by atoms with E-state index in [4.69, 9.17) is 4.74 Å². The second-order valence-corrected chi connectivity index (χ2v) is 9.18. The van der Waals surface area contributed by atoms with Crippen molar-refractivity contribution in [2.45, 2.75) is 51.6 Å². The molecular weight excluding hydrogens is 320 g/mol. The van der Waals surface area contributed by atoms with Crippen molar-refractivity contribution in [1.29, 1.82) is 0 Å². The Morgan fingerprint density at radius 3 is 2.79 bits per heavy atom. The lowest BCUT2D eigenvalue weighted by Gasteiger charge is -2.49. The number of rotatable bonds is 4. The second kappa shape index (κ2) is 6.77. The predicted octanol–water partition coefficient (Wildman–Crippen LogP) is 2.95. The summed E-state index contributed by atoms with van der Waals surface area (Å²) in [4.78, 5) is 17.7. The number of aryl methyl sites for hydroxylation is 1. The van der Waals surface area contributed by atoms with E-state index in [2.05, 4.69) is 29.3 Å². The third kappa shape index (κ3) is 3.53. The summed E-state index contributed by atoms with van der Waals surface area (Å²) >= 11 is 1.91. The van der Waals surface area contributed by atoms with Crippen LogP contribution in [0.3, 0.4) is 0 Å². The van der Waals surface area contributed by atoms with Gasteiger partial charge in [-0.15, -0.1) is 11.3 Å². The summed E-state index contributed by atoms with van der Waals surface area (Å²) in [5.74, 6) is 0.549. The molecule has 1 aliphatic carbocycles. The highest BCUT2D eigenvalue weighted by molar-refractivity contribution is 7.11. The summed E-state index contributed by atoms with van der Waals surface area (Å²) in [5.41, 5.74) is 0.255.